The highest BCUT2D eigenvalue weighted by Gasteiger charge is 2.18. The number of benzene rings is 2. The molecule has 0 aliphatic heterocycles. The number of nitrogens with one attached hydrogen (secondary N) is 1. The summed E-state index contributed by atoms with van der Waals surface area (Å²) in [4.78, 5) is 0.243. The summed E-state index contributed by atoms with van der Waals surface area (Å²) in [6, 6.07) is 15.0. The van der Waals surface area contributed by atoms with Gasteiger partial charge in [-0.05, 0) is 30.2 Å². The molecule has 0 amide bonds. The number of hydrogen-bond donors (Lipinski definition) is 1. The van der Waals surface area contributed by atoms with Gasteiger partial charge in [-0.25, -0.2) is 8.42 Å². The Kier molecular flexibility index (Phi) is 4.73. The van der Waals surface area contributed by atoms with E-state index in [-0.39, 0.29) is 4.90 Å². The molecule has 1 aromatic heterocycles. The predicted molar refractivity (Wildman–Crippen MR) is 97.5 cm³/mol. The lowest BCUT2D eigenvalue weighted by molar-refractivity contribution is 0.600. The van der Waals surface area contributed by atoms with Crippen molar-refractivity contribution in [3.63, 3.8) is 0 Å². The molecule has 0 unspecified atom stereocenters. The second-order valence-corrected chi connectivity index (χ2v) is 7.99. The molecule has 0 radical (unpaired) electrons. The highest BCUT2D eigenvalue weighted by molar-refractivity contribution is 9.10. The fourth-order valence-corrected chi connectivity index (χ4v) is 4.16. The zero-order valence-corrected chi connectivity index (χ0v) is 15.4. The molecular formula is C17H16BrN3O2S. The van der Waals surface area contributed by atoms with Gasteiger partial charge in [-0.2, -0.15) is 5.10 Å². The van der Waals surface area contributed by atoms with Crippen LogP contribution < -0.4 is 4.72 Å². The summed E-state index contributed by atoms with van der Waals surface area (Å²) in [6.07, 6.45) is 3.19. The van der Waals surface area contributed by atoms with Crippen LogP contribution in [0.1, 0.15) is 11.1 Å². The molecule has 24 heavy (non-hydrogen) atoms. The number of anilines is 1. The Hall–Kier alpha value is -2.12. The number of aromatic nitrogens is 2. The summed E-state index contributed by atoms with van der Waals surface area (Å²) in [5, 5.41) is 4.21. The summed E-state index contributed by atoms with van der Waals surface area (Å²) in [6.45, 7) is 2.35. The van der Waals surface area contributed by atoms with Crippen LogP contribution >= 0.6 is 15.9 Å². The van der Waals surface area contributed by atoms with E-state index in [4.69, 9.17) is 0 Å². The summed E-state index contributed by atoms with van der Waals surface area (Å²) in [5.74, 6) is 0. The van der Waals surface area contributed by atoms with Gasteiger partial charge in [0.25, 0.3) is 10.0 Å². The minimum atomic E-state index is -3.66. The summed E-state index contributed by atoms with van der Waals surface area (Å²) < 4.78 is 30.1. The maximum Gasteiger partial charge on any atom is 0.262 e. The van der Waals surface area contributed by atoms with Gasteiger partial charge in [0.05, 0.1) is 23.3 Å². The van der Waals surface area contributed by atoms with E-state index in [2.05, 4.69) is 25.8 Å². The monoisotopic (exact) mass is 405 g/mol. The van der Waals surface area contributed by atoms with Crippen molar-refractivity contribution in [1.82, 2.24) is 9.78 Å². The van der Waals surface area contributed by atoms with Crippen LogP contribution in [-0.2, 0) is 16.6 Å². The molecule has 124 valence electrons. The maximum absolute atomic E-state index is 12.6. The van der Waals surface area contributed by atoms with Gasteiger partial charge in [-0.1, -0.05) is 52.3 Å². The molecule has 0 spiro atoms. The topological polar surface area (TPSA) is 64.0 Å². The van der Waals surface area contributed by atoms with Crippen molar-refractivity contribution in [3.8, 4) is 0 Å². The van der Waals surface area contributed by atoms with Gasteiger partial charge in [-0.15, -0.1) is 0 Å². The average Bonchev–Trinajstić information content (AvgIpc) is 2.97. The van der Waals surface area contributed by atoms with Crippen LogP contribution in [0, 0.1) is 6.92 Å². The third-order valence-corrected chi connectivity index (χ3v) is 5.53. The first-order valence-corrected chi connectivity index (χ1v) is 9.57. The molecule has 1 N–H and O–H groups in total. The van der Waals surface area contributed by atoms with Gasteiger partial charge in [0, 0.05) is 10.7 Å². The van der Waals surface area contributed by atoms with E-state index in [0.717, 1.165) is 5.56 Å². The summed E-state index contributed by atoms with van der Waals surface area (Å²) in [5.41, 5.74) is 2.21. The lowest BCUT2D eigenvalue weighted by atomic mass is 10.2. The van der Waals surface area contributed by atoms with Gasteiger partial charge < -0.3 is 0 Å². The van der Waals surface area contributed by atoms with Crippen molar-refractivity contribution in [3.05, 3.63) is 76.5 Å². The Balaban J connectivity index is 1.80. The Morgan fingerprint density at radius 3 is 2.67 bits per heavy atom. The van der Waals surface area contributed by atoms with E-state index in [1.54, 1.807) is 29.9 Å². The number of hydrogen-bond acceptors (Lipinski definition) is 3. The molecule has 2 aromatic carbocycles. The van der Waals surface area contributed by atoms with E-state index in [0.29, 0.717) is 22.3 Å². The fraction of sp³-hybridized carbons (Fsp3) is 0.118. The zero-order chi connectivity index (χ0) is 17.2. The van der Waals surface area contributed by atoms with E-state index in [1.165, 1.54) is 6.20 Å². The number of rotatable bonds is 5. The number of nitrogens with zero attached hydrogens (tertiary/aromatic N) is 2. The molecule has 0 atom stereocenters. The number of sulfonamides is 1. The van der Waals surface area contributed by atoms with Crippen molar-refractivity contribution in [2.45, 2.75) is 18.4 Å². The van der Waals surface area contributed by atoms with Crippen molar-refractivity contribution < 1.29 is 8.42 Å². The van der Waals surface area contributed by atoms with Crippen molar-refractivity contribution in [2.24, 2.45) is 0 Å². The molecule has 0 saturated heterocycles. The fourth-order valence-electron chi connectivity index (χ4n) is 2.35. The average molecular weight is 406 g/mol. The van der Waals surface area contributed by atoms with Crippen LogP contribution in [-0.4, -0.2) is 18.2 Å². The SMILES string of the molecule is Cc1ccc(Br)cc1S(=O)(=O)Nc1cnn(Cc2ccccc2)c1. The molecule has 0 aliphatic rings. The van der Waals surface area contributed by atoms with Crippen LogP contribution in [0.15, 0.2) is 70.3 Å². The Labute approximate surface area is 149 Å². The normalized spacial score (nSPS) is 11.4. The highest BCUT2D eigenvalue weighted by Crippen LogP contribution is 2.23. The van der Waals surface area contributed by atoms with Crippen LogP contribution in [0.4, 0.5) is 5.69 Å². The molecule has 0 aliphatic carbocycles. The quantitative estimate of drug-likeness (QED) is 0.701. The predicted octanol–water partition coefficient (Wildman–Crippen LogP) is 3.80. The highest BCUT2D eigenvalue weighted by atomic mass is 79.9. The first-order valence-electron chi connectivity index (χ1n) is 7.29. The molecule has 7 heteroatoms. The maximum atomic E-state index is 12.6. The van der Waals surface area contributed by atoms with Gasteiger partial charge in [0.2, 0.25) is 0 Å². The molecule has 5 nitrogen and oxygen atoms in total. The van der Waals surface area contributed by atoms with Gasteiger partial charge >= 0.3 is 0 Å². The molecule has 3 aromatic rings. The zero-order valence-electron chi connectivity index (χ0n) is 13.0. The van der Waals surface area contributed by atoms with Crippen LogP contribution in [0.5, 0.6) is 0 Å². The van der Waals surface area contributed by atoms with Crippen molar-refractivity contribution in [2.75, 3.05) is 4.72 Å². The lowest BCUT2D eigenvalue weighted by Gasteiger charge is -2.09. The molecule has 1 heterocycles. The van der Waals surface area contributed by atoms with Gasteiger partial charge in [-0.3, -0.25) is 9.40 Å². The van der Waals surface area contributed by atoms with Crippen LogP contribution in [0.2, 0.25) is 0 Å². The van der Waals surface area contributed by atoms with E-state index in [9.17, 15) is 8.42 Å². The Morgan fingerprint density at radius 2 is 1.92 bits per heavy atom. The second-order valence-electron chi connectivity index (χ2n) is 5.43. The van der Waals surface area contributed by atoms with Crippen LogP contribution in [0.25, 0.3) is 0 Å². The van der Waals surface area contributed by atoms with Crippen molar-refractivity contribution in [1.29, 1.82) is 0 Å². The van der Waals surface area contributed by atoms with E-state index in [1.807, 2.05) is 36.4 Å². The van der Waals surface area contributed by atoms with Crippen molar-refractivity contribution >= 4 is 31.6 Å². The van der Waals surface area contributed by atoms with Gasteiger partial charge in [0.15, 0.2) is 0 Å². The standard InChI is InChI=1S/C17H16BrN3O2S/c1-13-7-8-15(18)9-17(13)24(22,23)20-16-10-19-21(12-16)11-14-5-3-2-4-6-14/h2-10,12,20H,11H2,1H3. The van der Waals surface area contributed by atoms with Crippen LogP contribution in [0.3, 0.4) is 0 Å². The first kappa shape index (κ1) is 16.7. The Bertz CT molecular complexity index is 953. The third-order valence-electron chi connectivity index (χ3n) is 3.51. The van der Waals surface area contributed by atoms with E-state index >= 15 is 0 Å². The minimum Gasteiger partial charge on any atom is -0.276 e. The summed E-state index contributed by atoms with van der Waals surface area (Å²) in [7, 11) is -3.66. The molecule has 3 rings (SSSR count). The molecule has 0 bridgehead atoms. The largest absolute Gasteiger partial charge is 0.276 e. The van der Waals surface area contributed by atoms with Gasteiger partial charge in [0.1, 0.15) is 0 Å². The minimum absolute atomic E-state index is 0.243. The molecule has 0 fully saturated rings. The Morgan fingerprint density at radius 1 is 1.17 bits per heavy atom. The molecule has 0 saturated carbocycles. The summed E-state index contributed by atoms with van der Waals surface area (Å²) >= 11 is 3.31. The molecular weight excluding hydrogens is 390 g/mol. The second kappa shape index (κ2) is 6.78. The third kappa shape index (κ3) is 3.85. The first-order chi connectivity index (χ1) is 11.4. The smallest absolute Gasteiger partial charge is 0.262 e. The lowest BCUT2D eigenvalue weighted by Crippen LogP contribution is -2.14. The van der Waals surface area contributed by atoms with E-state index < -0.39 is 10.0 Å². The number of halogens is 1. The number of aryl methyl sites for hydroxylation is 1.